The average Bonchev–Trinajstić information content (AvgIpc) is 2.61. The molecule has 0 radical (unpaired) electrons. The van der Waals surface area contributed by atoms with E-state index in [2.05, 4.69) is 50.1 Å². The van der Waals surface area contributed by atoms with Gasteiger partial charge in [-0.15, -0.1) is 0 Å². The van der Waals surface area contributed by atoms with Gasteiger partial charge in [0.25, 0.3) is 0 Å². The van der Waals surface area contributed by atoms with Crippen LogP contribution in [0.1, 0.15) is 20.8 Å². The zero-order valence-corrected chi connectivity index (χ0v) is 10.8. The van der Waals surface area contributed by atoms with E-state index in [-0.39, 0.29) is 12.5 Å². The molecule has 4 heteroatoms. The van der Waals surface area contributed by atoms with E-state index in [1.165, 1.54) is 11.3 Å². The highest BCUT2D eigenvalue weighted by Gasteiger charge is 2.20. The summed E-state index contributed by atoms with van der Waals surface area (Å²) in [4.78, 5) is 4.34. The Balaban J connectivity index is 2.25. The first-order valence-corrected chi connectivity index (χ1v) is 6.13. The molecule has 2 aromatic heterocycles. The topological polar surface area (TPSA) is 22.1 Å². The van der Waals surface area contributed by atoms with Gasteiger partial charge >= 0.3 is 6.92 Å². The van der Waals surface area contributed by atoms with E-state index in [9.17, 15) is 0 Å². The van der Waals surface area contributed by atoms with E-state index in [1.54, 1.807) is 0 Å². The second-order valence-electron chi connectivity index (χ2n) is 4.82. The summed E-state index contributed by atoms with van der Waals surface area (Å²) in [6.07, 6.45) is 1.86. The van der Waals surface area contributed by atoms with Crippen molar-refractivity contribution in [3.63, 3.8) is 0 Å². The Labute approximate surface area is 101 Å². The van der Waals surface area contributed by atoms with Gasteiger partial charge < -0.3 is 4.65 Å². The van der Waals surface area contributed by atoms with Crippen LogP contribution in [0.3, 0.4) is 0 Å². The number of hydrogen-bond acceptors (Lipinski definition) is 3. The first-order valence-electron chi connectivity index (χ1n) is 5.31. The molecule has 0 atom stereocenters. The third-order valence-corrected chi connectivity index (χ3v) is 2.94. The van der Waals surface area contributed by atoms with E-state index in [0.29, 0.717) is 0 Å². The summed E-state index contributed by atoms with van der Waals surface area (Å²) in [5.74, 6) is 0. The monoisotopic (exact) mass is 231 g/mol. The standard InChI is InChI=1S/C12H14BNOS/c1-12(2,3)15-13(4)9-7-11-10(14-8-9)5-6-16-11/h7-8H,1-4H3. The molecule has 2 aromatic rings. The van der Waals surface area contributed by atoms with Crippen molar-refractivity contribution in [1.82, 2.24) is 4.98 Å². The SMILES string of the molecule is CB(OC(C)(C)C)c1cnc2c#csc2c1. The molecule has 2 rings (SSSR count). The highest BCUT2D eigenvalue weighted by molar-refractivity contribution is 7.16. The first kappa shape index (κ1) is 11.4. The molecule has 0 saturated carbocycles. The molecular formula is C12H14BNOS. The Morgan fingerprint density at radius 1 is 1.44 bits per heavy atom. The molecule has 0 fully saturated rings. The maximum atomic E-state index is 5.89. The van der Waals surface area contributed by atoms with E-state index < -0.39 is 0 Å². The smallest absolute Gasteiger partial charge is 0.325 e. The largest absolute Gasteiger partial charge is 0.427 e. The average molecular weight is 231 g/mol. The number of fused-ring (bicyclic) bond motifs is 1. The van der Waals surface area contributed by atoms with Crippen LogP contribution in [0.25, 0.3) is 10.2 Å². The van der Waals surface area contributed by atoms with Crippen molar-refractivity contribution in [2.24, 2.45) is 0 Å². The molecular weight excluding hydrogens is 217 g/mol. The van der Waals surface area contributed by atoms with Crippen LogP contribution in [0, 0.1) is 11.4 Å². The summed E-state index contributed by atoms with van der Waals surface area (Å²) >= 11 is 1.54. The van der Waals surface area contributed by atoms with Gasteiger partial charge in [0.2, 0.25) is 0 Å². The van der Waals surface area contributed by atoms with Gasteiger partial charge in [0.15, 0.2) is 0 Å². The van der Waals surface area contributed by atoms with Crippen molar-refractivity contribution < 1.29 is 4.65 Å². The number of aromatic nitrogens is 1. The van der Waals surface area contributed by atoms with E-state index in [1.807, 2.05) is 6.20 Å². The van der Waals surface area contributed by atoms with E-state index >= 15 is 0 Å². The van der Waals surface area contributed by atoms with Gasteiger partial charge in [-0.1, -0.05) is 18.2 Å². The Kier molecular flexibility index (Phi) is 2.92. The molecule has 0 N–H and O–H groups in total. The molecule has 82 valence electrons. The molecule has 0 aliphatic rings. The van der Waals surface area contributed by atoms with Crippen molar-refractivity contribution in [2.75, 3.05) is 0 Å². The lowest BCUT2D eigenvalue weighted by atomic mass is 9.63. The Morgan fingerprint density at radius 2 is 2.19 bits per heavy atom. The minimum absolute atomic E-state index is 0.0546. The van der Waals surface area contributed by atoms with Crippen molar-refractivity contribution in [3.05, 3.63) is 23.7 Å². The second kappa shape index (κ2) is 4.08. The van der Waals surface area contributed by atoms with Crippen LogP contribution < -0.4 is 5.46 Å². The Bertz CT molecular complexity index is 489. The molecule has 0 aromatic carbocycles. The lowest BCUT2D eigenvalue weighted by Gasteiger charge is -2.23. The van der Waals surface area contributed by atoms with Crippen LogP contribution in [0.5, 0.6) is 0 Å². The Hall–Kier alpha value is -1.05. The van der Waals surface area contributed by atoms with Gasteiger partial charge in [-0.2, -0.15) is 0 Å². The number of rotatable bonds is 2. The second-order valence-corrected chi connectivity index (χ2v) is 5.67. The van der Waals surface area contributed by atoms with Gasteiger partial charge in [0, 0.05) is 11.8 Å². The fraction of sp³-hybridized carbons (Fsp3) is 0.417. The number of nitrogens with zero attached hydrogens (tertiary/aromatic N) is 1. The predicted octanol–water partition coefficient (Wildman–Crippen LogP) is 2.54. The lowest BCUT2D eigenvalue weighted by molar-refractivity contribution is 0.134. The van der Waals surface area contributed by atoms with Gasteiger partial charge in [0.1, 0.15) is 5.52 Å². The summed E-state index contributed by atoms with van der Waals surface area (Å²) < 4.78 is 7.01. The normalized spacial score (nSPS) is 11.5. The third kappa shape index (κ3) is 2.55. The van der Waals surface area contributed by atoms with Crippen molar-refractivity contribution >= 4 is 33.9 Å². The molecule has 0 spiro atoms. The minimum Gasteiger partial charge on any atom is -0.427 e. The number of pyridine rings is 1. The molecule has 0 bridgehead atoms. The molecule has 2 heterocycles. The maximum absolute atomic E-state index is 5.89. The van der Waals surface area contributed by atoms with E-state index in [0.717, 1.165) is 15.7 Å². The third-order valence-electron chi connectivity index (χ3n) is 2.20. The van der Waals surface area contributed by atoms with Gasteiger partial charge in [-0.3, -0.25) is 0 Å². The van der Waals surface area contributed by atoms with Gasteiger partial charge in [-0.05, 0) is 43.7 Å². The molecule has 0 aliphatic heterocycles. The van der Waals surface area contributed by atoms with Crippen molar-refractivity contribution in [3.8, 4) is 0 Å². The van der Waals surface area contributed by atoms with Gasteiger partial charge in [0.05, 0.1) is 4.70 Å². The van der Waals surface area contributed by atoms with Crippen LogP contribution in [-0.2, 0) is 4.65 Å². The minimum atomic E-state index is -0.137. The summed E-state index contributed by atoms with van der Waals surface area (Å²) in [7, 11) is 0. The van der Waals surface area contributed by atoms with Crippen LogP contribution in [0.4, 0.5) is 0 Å². The molecule has 2 nitrogen and oxygen atoms in total. The highest BCUT2D eigenvalue weighted by atomic mass is 32.1. The van der Waals surface area contributed by atoms with Gasteiger partial charge in [-0.25, -0.2) is 4.98 Å². The zero-order valence-electron chi connectivity index (χ0n) is 10.00. The first-order chi connectivity index (χ1) is 7.46. The van der Waals surface area contributed by atoms with Crippen LogP contribution >= 0.6 is 11.3 Å². The molecule has 16 heavy (non-hydrogen) atoms. The predicted molar refractivity (Wildman–Crippen MR) is 69.4 cm³/mol. The quantitative estimate of drug-likeness (QED) is 0.741. The van der Waals surface area contributed by atoms with Crippen LogP contribution in [-0.4, -0.2) is 17.5 Å². The summed E-state index contributed by atoms with van der Waals surface area (Å²) in [6.45, 7) is 8.28. The summed E-state index contributed by atoms with van der Waals surface area (Å²) in [6, 6.07) is 5.08. The lowest BCUT2D eigenvalue weighted by Crippen LogP contribution is -2.37. The summed E-state index contributed by atoms with van der Waals surface area (Å²) in [5.41, 5.74) is 1.85. The molecule has 0 saturated heterocycles. The Morgan fingerprint density at radius 3 is 2.88 bits per heavy atom. The van der Waals surface area contributed by atoms with Crippen LogP contribution in [0.15, 0.2) is 12.3 Å². The molecule has 0 aliphatic carbocycles. The van der Waals surface area contributed by atoms with E-state index in [4.69, 9.17) is 4.65 Å². The number of hydrogen-bond donors (Lipinski definition) is 0. The van der Waals surface area contributed by atoms with Crippen molar-refractivity contribution in [2.45, 2.75) is 33.2 Å². The fourth-order valence-corrected chi connectivity index (χ4v) is 2.23. The zero-order chi connectivity index (χ0) is 11.8. The maximum Gasteiger partial charge on any atom is 0.325 e. The van der Waals surface area contributed by atoms with Crippen LogP contribution in [0.2, 0.25) is 6.82 Å². The fourth-order valence-electron chi connectivity index (χ4n) is 1.58. The molecule has 0 unspecified atom stereocenters. The summed E-state index contributed by atoms with van der Waals surface area (Å²) in [5, 5.41) is 2.97. The van der Waals surface area contributed by atoms with Crippen molar-refractivity contribution in [1.29, 1.82) is 0 Å². The highest BCUT2D eigenvalue weighted by Crippen LogP contribution is 2.14. The molecule has 0 amide bonds.